The Balaban J connectivity index is 1.84. The van der Waals surface area contributed by atoms with Gasteiger partial charge in [-0.1, -0.05) is 13.3 Å². The summed E-state index contributed by atoms with van der Waals surface area (Å²) < 4.78 is 1.78. The van der Waals surface area contributed by atoms with Crippen LogP contribution >= 0.6 is 0 Å². The van der Waals surface area contributed by atoms with Crippen LogP contribution in [0.5, 0.6) is 0 Å². The molecule has 0 spiro atoms. The number of fused-ring (bicyclic) bond motifs is 1. The van der Waals surface area contributed by atoms with E-state index in [9.17, 15) is 9.59 Å². The van der Waals surface area contributed by atoms with Gasteiger partial charge in [-0.3, -0.25) is 14.6 Å². The van der Waals surface area contributed by atoms with Gasteiger partial charge in [-0.2, -0.15) is 10.1 Å². The second-order valence-electron chi connectivity index (χ2n) is 8.84. The summed E-state index contributed by atoms with van der Waals surface area (Å²) in [7, 11) is 0. The summed E-state index contributed by atoms with van der Waals surface area (Å²) in [5, 5.41) is 7.96. The highest BCUT2D eigenvalue weighted by atomic mass is 16.2. The number of carbonyl (C=O) groups excluding carboxylic acids is 1. The van der Waals surface area contributed by atoms with Crippen LogP contribution in [0.3, 0.4) is 0 Å². The van der Waals surface area contributed by atoms with Gasteiger partial charge in [0, 0.05) is 19.1 Å². The quantitative estimate of drug-likeness (QED) is 0.820. The largest absolute Gasteiger partial charge is 0.353 e. The summed E-state index contributed by atoms with van der Waals surface area (Å²) >= 11 is 0. The Morgan fingerprint density at radius 1 is 1.43 bits per heavy atom. The molecule has 2 N–H and O–H groups in total. The van der Waals surface area contributed by atoms with Crippen molar-refractivity contribution >= 4 is 22.9 Å². The standard InChI is InChI=1S/C20H32N6O2/c1-6-8-13(2)22-17(27)14-9-7-10-25(12-14)19-23-16-15(18(28)24-19)11-21-26(16)20(3,4)5/h11,13-14H,6-10,12H2,1-5H3,(H,22,27)(H,23,24,28). The smallest absolute Gasteiger partial charge is 0.263 e. The molecule has 0 aromatic carbocycles. The molecule has 2 unspecified atom stereocenters. The second kappa shape index (κ2) is 7.93. The molecule has 154 valence electrons. The maximum atomic E-state index is 12.6. The van der Waals surface area contributed by atoms with E-state index in [0.29, 0.717) is 23.5 Å². The Labute approximate surface area is 165 Å². The molecule has 0 bridgehead atoms. The number of rotatable bonds is 5. The SMILES string of the molecule is CCCC(C)NC(=O)C1CCCN(c2nc3c(cnn3C(C)(C)C)c(=O)[nH]2)C1. The average molecular weight is 389 g/mol. The van der Waals surface area contributed by atoms with Crippen molar-refractivity contribution < 1.29 is 4.79 Å². The molecule has 1 amide bonds. The van der Waals surface area contributed by atoms with E-state index in [1.54, 1.807) is 10.9 Å². The summed E-state index contributed by atoms with van der Waals surface area (Å²) in [6, 6.07) is 0.184. The minimum absolute atomic E-state index is 0.0915. The van der Waals surface area contributed by atoms with Crippen molar-refractivity contribution in [3.63, 3.8) is 0 Å². The van der Waals surface area contributed by atoms with Gasteiger partial charge in [-0.05, 0) is 47.0 Å². The maximum Gasteiger partial charge on any atom is 0.263 e. The number of hydrogen-bond donors (Lipinski definition) is 2. The van der Waals surface area contributed by atoms with Crippen LogP contribution in [0.2, 0.25) is 0 Å². The zero-order valence-corrected chi connectivity index (χ0v) is 17.6. The summed E-state index contributed by atoms with van der Waals surface area (Å²) in [5.41, 5.74) is 0.104. The Morgan fingerprint density at radius 2 is 2.18 bits per heavy atom. The zero-order valence-electron chi connectivity index (χ0n) is 17.6. The third-order valence-electron chi connectivity index (χ3n) is 5.26. The van der Waals surface area contributed by atoms with Crippen LogP contribution < -0.4 is 15.8 Å². The summed E-state index contributed by atoms with van der Waals surface area (Å²) in [6.45, 7) is 11.6. The molecule has 0 aliphatic carbocycles. The lowest BCUT2D eigenvalue weighted by Crippen LogP contribution is -2.46. The first kappa shape index (κ1) is 20.4. The lowest BCUT2D eigenvalue weighted by atomic mass is 9.97. The Hall–Kier alpha value is -2.38. The van der Waals surface area contributed by atoms with E-state index in [4.69, 9.17) is 4.98 Å². The first-order valence-electron chi connectivity index (χ1n) is 10.2. The summed E-state index contributed by atoms with van der Waals surface area (Å²) in [6.07, 6.45) is 5.33. The summed E-state index contributed by atoms with van der Waals surface area (Å²) in [4.78, 5) is 34.8. The molecule has 1 fully saturated rings. The van der Waals surface area contributed by atoms with E-state index in [2.05, 4.69) is 22.3 Å². The Kier molecular flexibility index (Phi) is 5.76. The molecule has 1 aliphatic heterocycles. The van der Waals surface area contributed by atoms with Gasteiger partial charge in [0.25, 0.3) is 5.56 Å². The Morgan fingerprint density at radius 3 is 2.86 bits per heavy atom. The fourth-order valence-electron chi connectivity index (χ4n) is 3.80. The first-order valence-corrected chi connectivity index (χ1v) is 10.2. The molecule has 3 rings (SSSR count). The zero-order chi connectivity index (χ0) is 20.5. The van der Waals surface area contributed by atoms with Gasteiger partial charge in [-0.25, -0.2) is 4.68 Å². The lowest BCUT2D eigenvalue weighted by Gasteiger charge is -2.33. The Bertz CT molecular complexity index is 894. The van der Waals surface area contributed by atoms with E-state index >= 15 is 0 Å². The molecular weight excluding hydrogens is 356 g/mol. The number of amides is 1. The number of piperidine rings is 1. The number of nitrogens with zero attached hydrogens (tertiary/aromatic N) is 4. The molecule has 0 radical (unpaired) electrons. The predicted octanol–water partition coefficient (Wildman–Crippen LogP) is 2.40. The van der Waals surface area contributed by atoms with Crippen molar-refractivity contribution in [1.82, 2.24) is 25.1 Å². The van der Waals surface area contributed by atoms with Crippen molar-refractivity contribution in [3.8, 4) is 0 Å². The van der Waals surface area contributed by atoms with Gasteiger partial charge >= 0.3 is 0 Å². The highest BCUT2D eigenvalue weighted by Crippen LogP contribution is 2.23. The molecule has 8 heteroatoms. The number of H-pyrrole nitrogens is 1. The lowest BCUT2D eigenvalue weighted by molar-refractivity contribution is -0.125. The molecular formula is C20H32N6O2. The number of aromatic amines is 1. The van der Waals surface area contributed by atoms with E-state index in [0.717, 1.165) is 32.2 Å². The minimum atomic E-state index is -0.278. The van der Waals surface area contributed by atoms with Crippen LogP contribution in [0.25, 0.3) is 11.0 Å². The molecule has 0 saturated carbocycles. The molecule has 1 aliphatic rings. The average Bonchev–Trinajstić information content (AvgIpc) is 3.07. The van der Waals surface area contributed by atoms with Crippen molar-refractivity contribution in [2.45, 2.75) is 71.9 Å². The third kappa shape index (κ3) is 4.20. The topological polar surface area (TPSA) is 95.9 Å². The van der Waals surface area contributed by atoms with Crippen LogP contribution in [0, 0.1) is 5.92 Å². The van der Waals surface area contributed by atoms with Gasteiger partial charge in [-0.15, -0.1) is 0 Å². The van der Waals surface area contributed by atoms with Crippen LogP contribution in [-0.4, -0.2) is 44.8 Å². The van der Waals surface area contributed by atoms with Crippen molar-refractivity contribution in [3.05, 3.63) is 16.6 Å². The molecule has 1 saturated heterocycles. The molecule has 28 heavy (non-hydrogen) atoms. The molecule has 2 aromatic heterocycles. The summed E-state index contributed by atoms with van der Waals surface area (Å²) in [5.74, 6) is 0.512. The third-order valence-corrected chi connectivity index (χ3v) is 5.26. The molecule has 8 nitrogen and oxygen atoms in total. The van der Waals surface area contributed by atoms with Crippen LogP contribution in [-0.2, 0) is 10.3 Å². The number of anilines is 1. The fraction of sp³-hybridized carbons (Fsp3) is 0.700. The normalized spacial score (nSPS) is 19.0. The van der Waals surface area contributed by atoms with Gasteiger partial charge in [0.15, 0.2) is 5.65 Å². The minimum Gasteiger partial charge on any atom is -0.353 e. The van der Waals surface area contributed by atoms with E-state index in [1.165, 1.54) is 0 Å². The number of hydrogen-bond acceptors (Lipinski definition) is 5. The first-order chi connectivity index (χ1) is 13.2. The van der Waals surface area contributed by atoms with Gasteiger partial charge in [0.2, 0.25) is 11.9 Å². The molecule has 3 heterocycles. The van der Waals surface area contributed by atoms with Gasteiger partial charge in [0.05, 0.1) is 17.7 Å². The number of aromatic nitrogens is 4. The fourth-order valence-corrected chi connectivity index (χ4v) is 3.80. The second-order valence-corrected chi connectivity index (χ2v) is 8.84. The molecule has 2 aromatic rings. The van der Waals surface area contributed by atoms with E-state index in [1.807, 2.05) is 32.6 Å². The van der Waals surface area contributed by atoms with Gasteiger partial charge < -0.3 is 10.2 Å². The van der Waals surface area contributed by atoms with E-state index in [-0.39, 0.29) is 29.0 Å². The van der Waals surface area contributed by atoms with E-state index < -0.39 is 0 Å². The molecule has 2 atom stereocenters. The van der Waals surface area contributed by atoms with Crippen molar-refractivity contribution in [1.29, 1.82) is 0 Å². The number of nitrogens with one attached hydrogen (secondary N) is 2. The van der Waals surface area contributed by atoms with Crippen molar-refractivity contribution in [2.24, 2.45) is 5.92 Å². The van der Waals surface area contributed by atoms with Gasteiger partial charge in [0.1, 0.15) is 5.39 Å². The predicted molar refractivity (Wildman–Crippen MR) is 111 cm³/mol. The highest BCUT2D eigenvalue weighted by Gasteiger charge is 2.28. The van der Waals surface area contributed by atoms with Crippen molar-refractivity contribution in [2.75, 3.05) is 18.0 Å². The maximum absolute atomic E-state index is 12.6. The van der Waals surface area contributed by atoms with Crippen LogP contribution in [0.1, 0.15) is 60.3 Å². The monoisotopic (exact) mass is 388 g/mol. The van der Waals surface area contributed by atoms with Crippen LogP contribution in [0.4, 0.5) is 5.95 Å². The highest BCUT2D eigenvalue weighted by molar-refractivity contribution is 5.80. The van der Waals surface area contributed by atoms with Crippen LogP contribution in [0.15, 0.2) is 11.0 Å². The number of carbonyl (C=O) groups is 1.